The van der Waals surface area contributed by atoms with Gasteiger partial charge in [0.2, 0.25) is 12.7 Å². The molecule has 1 amide bonds. The number of carbonyl (C=O) groups is 1. The molecule has 3 aromatic rings. The summed E-state index contributed by atoms with van der Waals surface area (Å²) in [5, 5.41) is 14.5. The van der Waals surface area contributed by atoms with Gasteiger partial charge in [0.15, 0.2) is 11.5 Å². The van der Waals surface area contributed by atoms with E-state index in [2.05, 4.69) is 5.32 Å². The van der Waals surface area contributed by atoms with Crippen molar-refractivity contribution in [2.24, 2.45) is 5.73 Å². The predicted molar refractivity (Wildman–Crippen MR) is 132 cm³/mol. The van der Waals surface area contributed by atoms with E-state index in [1.807, 2.05) is 42.5 Å². The fraction of sp³-hybridized carbons (Fsp3) is 0.321. The number of rotatable bonds is 9. The molecule has 0 saturated carbocycles. The third kappa shape index (κ3) is 5.42. The summed E-state index contributed by atoms with van der Waals surface area (Å²) < 4.78 is 17.0. The van der Waals surface area contributed by atoms with Crippen molar-refractivity contribution < 1.29 is 24.1 Å². The second-order valence-corrected chi connectivity index (χ2v) is 9.05. The van der Waals surface area contributed by atoms with Crippen LogP contribution < -0.4 is 25.3 Å². The van der Waals surface area contributed by atoms with Crippen LogP contribution in [0.2, 0.25) is 0 Å². The van der Waals surface area contributed by atoms with Crippen molar-refractivity contribution in [3.8, 4) is 17.2 Å². The second kappa shape index (κ2) is 10.4. The van der Waals surface area contributed by atoms with Crippen LogP contribution in [-0.4, -0.2) is 30.4 Å². The number of benzene rings is 3. The van der Waals surface area contributed by atoms with E-state index in [4.69, 9.17) is 19.9 Å². The number of nitrogens with one attached hydrogen (secondary N) is 1. The minimum Gasteiger partial charge on any atom is -0.489 e. The molecule has 182 valence electrons. The molecule has 5 rings (SSSR count). The Labute approximate surface area is 204 Å². The van der Waals surface area contributed by atoms with E-state index in [9.17, 15) is 9.90 Å². The highest BCUT2D eigenvalue weighted by atomic mass is 16.7. The van der Waals surface area contributed by atoms with Gasteiger partial charge in [0, 0.05) is 11.6 Å². The summed E-state index contributed by atoms with van der Waals surface area (Å²) >= 11 is 0. The van der Waals surface area contributed by atoms with Crippen molar-refractivity contribution in [2.75, 3.05) is 13.3 Å². The van der Waals surface area contributed by atoms with Crippen LogP contribution in [0.25, 0.3) is 0 Å². The Kier molecular flexibility index (Phi) is 6.88. The third-order valence-electron chi connectivity index (χ3n) is 6.65. The predicted octanol–water partition coefficient (Wildman–Crippen LogP) is 3.66. The Hall–Kier alpha value is -3.55. The molecule has 2 heterocycles. The topological polar surface area (TPSA) is 103 Å². The summed E-state index contributed by atoms with van der Waals surface area (Å²) in [4.78, 5) is 11.5. The van der Waals surface area contributed by atoms with Crippen LogP contribution in [0.5, 0.6) is 17.2 Å². The highest BCUT2D eigenvalue weighted by Crippen LogP contribution is 2.34. The Balaban J connectivity index is 1.34. The Morgan fingerprint density at radius 3 is 2.77 bits per heavy atom. The molecule has 0 spiro atoms. The fourth-order valence-corrected chi connectivity index (χ4v) is 4.73. The summed E-state index contributed by atoms with van der Waals surface area (Å²) in [6.45, 7) is 1.50. The van der Waals surface area contributed by atoms with Gasteiger partial charge in [-0.05, 0) is 90.9 Å². The van der Waals surface area contributed by atoms with Gasteiger partial charge in [-0.15, -0.1) is 0 Å². The van der Waals surface area contributed by atoms with Crippen LogP contribution in [0.15, 0.2) is 60.7 Å². The summed E-state index contributed by atoms with van der Waals surface area (Å²) in [7, 11) is 0. The normalized spacial score (nSPS) is 17.3. The molecule has 2 unspecified atom stereocenters. The first-order chi connectivity index (χ1) is 17.1. The van der Waals surface area contributed by atoms with Crippen molar-refractivity contribution in [1.82, 2.24) is 5.32 Å². The number of amides is 1. The number of hydrogen-bond donors (Lipinski definition) is 3. The van der Waals surface area contributed by atoms with Gasteiger partial charge >= 0.3 is 0 Å². The largest absolute Gasteiger partial charge is 0.489 e. The van der Waals surface area contributed by atoms with Gasteiger partial charge < -0.3 is 30.4 Å². The molecule has 1 fully saturated rings. The monoisotopic (exact) mass is 474 g/mol. The van der Waals surface area contributed by atoms with Gasteiger partial charge in [0.25, 0.3) is 0 Å². The Bertz CT molecular complexity index is 1210. The summed E-state index contributed by atoms with van der Waals surface area (Å²) in [6.07, 6.45) is 2.98. The molecule has 2 aliphatic heterocycles. The number of ether oxygens (including phenoxy) is 3. The van der Waals surface area contributed by atoms with Gasteiger partial charge in [-0.25, -0.2) is 0 Å². The number of aliphatic hydroxyl groups excluding tert-OH is 1. The zero-order chi connectivity index (χ0) is 24.2. The Morgan fingerprint density at radius 1 is 1.06 bits per heavy atom. The number of primary amides is 1. The van der Waals surface area contributed by atoms with Crippen LogP contribution >= 0.6 is 0 Å². The number of carbonyl (C=O) groups excluding carboxylic acids is 1. The molecule has 2 aliphatic rings. The van der Waals surface area contributed by atoms with E-state index >= 15 is 0 Å². The average molecular weight is 475 g/mol. The van der Waals surface area contributed by atoms with Crippen LogP contribution in [0.1, 0.15) is 51.6 Å². The number of nitrogens with two attached hydrogens (primary N) is 1. The number of aryl methyl sites for hydroxylation is 2. The van der Waals surface area contributed by atoms with Crippen molar-refractivity contribution in [2.45, 2.75) is 44.4 Å². The number of hydrogen-bond acceptors (Lipinski definition) is 6. The summed E-state index contributed by atoms with van der Waals surface area (Å²) in [5.74, 6) is 1.79. The van der Waals surface area contributed by atoms with Crippen LogP contribution in [0, 0.1) is 0 Å². The van der Waals surface area contributed by atoms with E-state index in [-0.39, 0.29) is 12.8 Å². The zero-order valence-corrected chi connectivity index (χ0v) is 19.5. The van der Waals surface area contributed by atoms with Gasteiger partial charge in [-0.2, -0.15) is 0 Å². The molecular formula is C28H30N2O5. The van der Waals surface area contributed by atoms with E-state index in [1.165, 1.54) is 0 Å². The molecule has 0 aromatic heterocycles. The average Bonchev–Trinajstić information content (AvgIpc) is 3.58. The molecule has 3 aromatic carbocycles. The van der Waals surface area contributed by atoms with E-state index in [0.717, 1.165) is 66.0 Å². The molecule has 2 atom stereocenters. The molecule has 7 heteroatoms. The van der Waals surface area contributed by atoms with Gasteiger partial charge in [-0.3, -0.25) is 4.79 Å². The standard InChI is InChI=1S/C28H30N2O5/c29-28(32)21-4-1-3-19(13-21)16-33-22-9-10-23(27(31)24-5-2-12-30-24)20(15-22)8-6-18-7-11-25-26(14-18)35-17-34-25/h1,3-4,7,9-11,13-15,24,27,30-31H,2,5-6,8,12,16-17H2,(H2,29,32). The second-order valence-electron chi connectivity index (χ2n) is 9.05. The maximum Gasteiger partial charge on any atom is 0.248 e. The van der Waals surface area contributed by atoms with Gasteiger partial charge in [0.05, 0.1) is 6.10 Å². The summed E-state index contributed by atoms with van der Waals surface area (Å²) in [6, 6.07) is 19.1. The summed E-state index contributed by atoms with van der Waals surface area (Å²) in [5.41, 5.74) is 9.83. The zero-order valence-electron chi connectivity index (χ0n) is 19.5. The first kappa shape index (κ1) is 23.2. The lowest BCUT2D eigenvalue weighted by Gasteiger charge is -2.22. The smallest absolute Gasteiger partial charge is 0.248 e. The molecule has 0 radical (unpaired) electrons. The maximum absolute atomic E-state index is 11.5. The van der Waals surface area contributed by atoms with Gasteiger partial charge in [-0.1, -0.05) is 24.3 Å². The van der Waals surface area contributed by atoms with Crippen molar-refractivity contribution in [3.05, 3.63) is 88.5 Å². The lowest BCUT2D eigenvalue weighted by molar-refractivity contribution is 0.1000. The van der Waals surface area contributed by atoms with E-state index in [0.29, 0.717) is 17.9 Å². The highest BCUT2D eigenvalue weighted by molar-refractivity contribution is 5.92. The lowest BCUT2D eigenvalue weighted by Crippen LogP contribution is -2.29. The Morgan fingerprint density at radius 2 is 1.94 bits per heavy atom. The van der Waals surface area contributed by atoms with E-state index < -0.39 is 12.0 Å². The maximum atomic E-state index is 11.5. The van der Waals surface area contributed by atoms with Crippen molar-refractivity contribution in [3.63, 3.8) is 0 Å². The molecule has 7 nitrogen and oxygen atoms in total. The molecule has 0 bridgehead atoms. The minimum atomic E-state index is -0.578. The van der Waals surface area contributed by atoms with Crippen molar-refractivity contribution >= 4 is 5.91 Å². The molecule has 4 N–H and O–H groups in total. The first-order valence-electron chi connectivity index (χ1n) is 12.0. The third-order valence-corrected chi connectivity index (χ3v) is 6.65. The minimum absolute atomic E-state index is 0.0580. The van der Waals surface area contributed by atoms with Crippen LogP contribution in [-0.2, 0) is 19.4 Å². The van der Waals surface area contributed by atoms with Crippen molar-refractivity contribution in [1.29, 1.82) is 0 Å². The fourth-order valence-electron chi connectivity index (χ4n) is 4.73. The van der Waals surface area contributed by atoms with Gasteiger partial charge in [0.1, 0.15) is 12.4 Å². The number of aliphatic hydroxyl groups is 1. The quantitative estimate of drug-likeness (QED) is 0.437. The number of fused-ring (bicyclic) bond motifs is 1. The molecule has 0 aliphatic carbocycles. The molecule has 35 heavy (non-hydrogen) atoms. The molecular weight excluding hydrogens is 444 g/mol. The lowest BCUT2D eigenvalue weighted by atomic mass is 9.92. The highest BCUT2D eigenvalue weighted by Gasteiger charge is 2.26. The molecule has 1 saturated heterocycles. The van der Waals surface area contributed by atoms with Crippen LogP contribution in [0.4, 0.5) is 0 Å². The van der Waals surface area contributed by atoms with E-state index in [1.54, 1.807) is 18.2 Å². The SMILES string of the molecule is NC(=O)c1cccc(COc2ccc(C(O)C3CCCN3)c(CCc3ccc4c(c3)OCO4)c2)c1. The first-order valence-corrected chi connectivity index (χ1v) is 12.0. The van der Waals surface area contributed by atoms with Crippen LogP contribution in [0.3, 0.4) is 0 Å².